The number of piperidine rings is 1. The lowest BCUT2D eigenvalue weighted by molar-refractivity contribution is 0.438. The minimum Gasteiger partial charge on any atom is -0.315 e. The summed E-state index contributed by atoms with van der Waals surface area (Å²) < 4.78 is 14.0. The lowest BCUT2D eigenvalue weighted by Crippen LogP contribution is -2.41. The number of hydrogen-bond acceptors (Lipinski definition) is 3. The Balaban J connectivity index is 1.95. The largest absolute Gasteiger partial charge is 0.315 e. The second-order valence-electron chi connectivity index (χ2n) is 6.15. The van der Waals surface area contributed by atoms with Crippen LogP contribution in [-0.4, -0.2) is 23.0 Å². The van der Waals surface area contributed by atoms with E-state index in [1.165, 1.54) is 32.1 Å². The Morgan fingerprint density at radius 1 is 1.05 bits per heavy atom. The smallest absolute Gasteiger partial charge is 0.152 e. The van der Waals surface area contributed by atoms with E-state index in [9.17, 15) is 4.57 Å². The van der Waals surface area contributed by atoms with Gasteiger partial charge in [-0.25, -0.2) is 0 Å². The molecule has 2 atom stereocenters. The number of hydrogen-bond donors (Lipinski definition) is 1. The standard InChI is InChI=1S/C16H25N2OP/c19-20(14-8-2-1-3-9-14,15-10-4-6-12-17-15)16-11-5-7-13-18-16/h4,6,10,12,14,16,18H,1-3,5,7-9,11,13H2/t16-,20-/m0/s1. The van der Waals surface area contributed by atoms with E-state index in [1.807, 2.05) is 18.2 Å². The minimum absolute atomic E-state index is 0.161. The number of aromatic nitrogens is 1. The van der Waals surface area contributed by atoms with Gasteiger partial charge in [-0.15, -0.1) is 0 Å². The van der Waals surface area contributed by atoms with Crippen molar-refractivity contribution in [3.05, 3.63) is 24.4 Å². The molecule has 1 aromatic heterocycles. The molecule has 0 unspecified atom stereocenters. The minimum atomic E-state index is -2.44. The predicted octanol–water partition coefficient (Wildman–Crippen LogP) is 3.50. The summed E-state index contributed by atoms with van der Waals surface area (Å²) in [7, 11) is -2.44. The molecule has 2 fully saturated rings. The average Bonchev–Trinajstić information content (AvgIpc) is 2.56. The monoisotopic (exact) mass is 292 g/mol. The Bertz CT molecular complexity index is 443. The first-order chi connectivity index (χ1) is 9.82. The van der Waals surface area contributed by atoms with Crippen LogP contribution in [0.2, 0.25) is 0 Å². The van der Waals surface area contributed by atoms with E-state index < -0.39 is 7.14 Å². The van der Waals surface area contributed by atoms with Crippen molar-refractivity contribution in [2.45, 2.75) is 62.8 Å². The first-order valence-electron chi connectivity index (χ1n) is 8.06. The molecular weight excluding hydrogens is 267 g/mol. The fourth-order valence-corrected chi connectivity index (χ4v) is 7.65. The van der Waals surface area contributed by atoms with Crippen molar-refractivity contribution in [2.24, 2.45) is 0 Å². The Kier molecular flexibility index (Phi) is 4.58. The molecule has 0 radical (unpaired) electrons. The van der Waals surface area contributed by atoms with Crippen molar-refractivity contribution < 1.29 is 4.57 Å². The van der Waals surface area contributed by atoms with Gasteiger partial charge < -0.3 is 9.88 Å². The second-order valence-corrected chi connectivity index (χ2v) is 9.39. The van der Waals surface area contributed by atoms with E-state index in [0.29, 0.717) is 5.66 Å². The van der Waals surface area contributed by atoms with E-state index in [-0.39, 0.29) is 5.78 Å². The van der Waals surface area contributed by atoms with Crippen LogP contribution in [0.1, 0.15) is 51.4 Å². The SMILES string of the molecule is O=[P@](c1ccccn1)(C1CCCCC1)[C@H]1CCCCN1. The maximum Gasteiger partial charge on any atom is 0.152 e. The predicted molar refractivity (Wildman–Crippen MR) is 84.0 cm³/mol. The van der Waals surface area contributed by atoms with Crippen LogP contribution in [0.25, 0.3) is 0 Å². The number of nitrogens with zero attached hydrogens (tertiary/aromatic N) is 1. The average molecular weight is 292 g/mol. The van der Waals surface area contributed by atoms with Crippen molar-refractivity contribution in [1.82, 2.24) is 10.3 Å². The van der Waals surface area contributed by atoms with Gasteiger partial charge in [0.15, 0.2) is 7.14 Å². The molecule has 110 valence electrons. The van der Waals surface area contributed by atoms with Crippen molar-refractivity contribution in [2.75, 3.05) is 6.54 Å². The Labute approximate surface area is 121 Å². The fraction of sp³-hybridized carbons (Fsp3) is 0.688. The molecule has 2 heterocycles. The van der Waals surface area contributed by atoms with E-state index in [0.717, 1.165) is 31.2 Å². The summed E-state index contributed by atoms with van der Waals surface area (Å²) in [6.07, 6.45) is 11.2. The molecule has 0 amide bonds. The molecule has 1 saturated carbocycles. The fourth-order valence-electron chi connectivity index (χ4n) is 3.79. The molecule has 1 saturated heterocycles. The van der Waals surface area contributed by atoms with Crippen LogP contribution >= 0.6 is 7.14 Å². The summed E-state index contributed by atoms with van der Waals surface area (Å²) in [6.45, 7) is 1.01. The first kappa shape index (κ1) is 14.3. The molecule has 1 N–H and O–H groups in total. The van der Waals surface area contributed by atoms with Gasteiger partial charge in [-0.05, 0) is 44.4 Å². The van der Waals surface area contributed by atoms with Crippen LogP contribution in [0.4, 0.5) is 0 Å². The molecule has 0 bridgehead atoms. The molecule has 1 aromatic rings. The summed E-state index contributed by atoms with van der Waals surface area (Å²) in [5, 5.41) is 3.55. The normalized spacial score (nSPS) is 27.9. The number of rotatable bonds is 3. The third-order valence-corrected chi connectivity index (χ3v) is 8.82. The van der Waals surface area contributed by atoms with Gasteiger partial charge in [0.05, 0.1) is 5.78 Å². The van der Waals surface area contributed by atoms with Gasteiger partial charge in [0.1, 0.15) is 5.44 Å². The van der Waals surface area contributed by atoms with Gasteiger partial charge in [0, 0.05) is 11.9 Å². The zero-order valence-corrected chi connectivity index (χ0v) is 13.0. The van der Waals surface area contributed by atoms with Crippen LogP contribution in [0.15, 0.2) is 24.4 Å². The maximum absolute atomic E-state index is 14.0. The maximum atomic E-state index is 14.0. The van der Waals surface area contributed by atoms with Crippen LogP contribution < -0.4 is 10.8 Å². The molecular formula is C16H25N2OP. The number of nitrogens with one attached hydrogen (secondary N) is 1. The van der Waals surface area contributed by atoms with Gasteiger partial charge in [-0.3, -0.25) is 4.98 Å². The molecule has 0 aromatic carbocycles. The zero-order valence-electron chi connectivity index (χ0n) is 12.1. The van der Waals surface area contributed by atoms with Gasteiger partial charge in [0.2, 0.25) is 0 Å². The van der Waals surface area contributed by atoms with Gasteiger partial charge in [-0.1, -0.05) is 31.7 Å². The number of pyridine rings is 1. The molecule has 2 aliphatic rings. The Morgan fingerprint density at radius 2 is 1.85 bits per heavy atom. The van der Waals surface area contributed by atoms with Crippen molar-refractivity contribution >= 4 is 12.6 Å². The van der Waals surface area contributed by atoms with E-state index in [4.69, 9.17) is 0 Å². The van der Waals surface area contributed by atoms with E-state index in [1.54, 1.807) is 6.20 Å². The highest BCUT2D eigenvalue weighted by Gasteiger charge is 2.43. The van der Waals surface area contributed by atoms with Crippen molar-refractivity contribution in [3.63, 3.8) is 0 Å². The van der Waals surface area contributed by atoms with Crippen LogP contribution in [0, 0.1) is 0 Å². The molecule has 20 heavy (non-hydrogen) atoms. The summed E-state index contributed by atoms with van der Waals surface area (Å²) in [4.78, 5) is 4.50. The van der Waals surface area contributed by atoms with Gasteiger partial charge >= 0.3 is 0 Å². The first-order valence-corrected chi connectivity index (χ1v) is 9.91. The van der Waals surface area contributed by atoms with Crippen LogP contribution in [0.5, 0.6) is 0 Å². The van der Waals surface area contributed by atoms with Gasteiger partial charge in [-0.2, -0.15) is 0 Å². The lowest BCUT2D eigenvalue weighted by Gasteiger charge is -2.38. The highest BCUT2D eigenvalue weighted by molar-refractivity contribution is 7.72. The molecule has 4 heteroatoms. The zero-order chi connectivity index (χ0) is 13.8. The Morgan fingerprint density at radius 3 is 2.50 bits per heavy atom. The quantitative estimate of drug-likeness (QED) is 0.867. The van der Waals surface area contributed by atoms with Crippen molar-refractivity contribution in [1.29, 1.82) is 0 Å². The highest BCUT2D eigenvalue weighted by atomic mass is 31.2. The molecule has 0 spiro atoms. The second kappa shape index (κ2) is 6.41. The highest BCUT2D eigenvalue weighted by Crippen LogP contribution is 2.58. The Hall–Kier alpha value is -0.660. The summed E-state index contributed by atoms with van der Waals surface area (Å²) in [6, 6.07) is 5.90. The molecule has 1 aliphatic carbocycles. The van der Waals surface area contributed by atoms with Crippen LogP contribution in [-0.2, 0) is 4.57 Å². The molecule has 3 nitrogen and oxygen atoms in total. The summed E-state index contributed by atoms with van der Waals surface area (Å²) in [5.41, 5.74) is 1.22. The van der Waals surface area contributed by atoms with Crippen molar-refractivity contribution in [3.8, 4) is 0 Å². The van der Waals surface area contributed by atoms with E-state index >= 15 is 0 Å². The molecule has 1 aliphatic heterocycles. The summed E-state index contributed by atoms with van der Waals surface area (Å²) in [5.74, 6) is 0.161. The van der Waals surface area contributed by atoms with Crippen LogP contribution in [0.3, 0.4) is 0 Å². The molecule has 3 rings (SSSR count). The third-order valence-electron chi connectivity index (χ3n) is 4.87. The lowest BCUT2D eigenvalue weighted by atomic mass is 10.0. The van der Waals surface area contributed by atoms with Gasteiger partial charge in [0.25, 0.3) is 0 Å². The summed E-state index contributed by atoms with van der Waals surface area (Å²) >= 11 is 0. The third kappa shape index (κ3) is 2.71. The topological polar surface area (TPSA) is 42.0 Å². The van der Waals surface area contributed by atoms with E-state index in [2.05, 4.69) is 10.3 Å².